The summed E-state index contributed by atoms with van der Waals surface area (Å²) in [6.45, 7) is 0.685. The molecule has 2 rings (SSSR count). The molecule has 0 unspecified atom stereocenters. The molecular formula is C15H19NO7S. The minimum atomic E-state index is -3.60. The molecular weight excluding hydrogens is 338 g/mol. The molecule has 24 heavy (non-hydrogen) atoms. The topological polar surface area (TPSA) is 99.2 Å². The van der Waals surface area contributed by atoms with Crippen LogP contribution in [0.15, 0.2) is 29.2 Å². The van der Waals surface area contributed by atoms with Gasteiger partial charge in [-0.3, -0.25) is 4.79 Å². The van der Waals surface area contributed by atoms with Gasteiger partial charge in [-0.25, -0.2) is 13.2 Å². The molecule has 1 aliphatic heterocycles. The molecule has 0 aliphatic carbocycles. The van der Waals surface area contributed by atoms with E-state index in [4.69, 9.17) is 9.47 Å². The Kier molecular flexibility index (Phi) is 6.44. The van der Waals surface area contributed by atoms with Crippen molar-refractivity contribution < 1.29 is 32.2 Å². The molecule has 8 nitrogen and oxygen atoms in total. The zero-order chi connectivity index (χ0) is 17.6. The van der Waals surface area contributed by atoms with Crippen LogP contribution in [0.1, 0.15) is 10.4 Å². The molecule has 0 bridgehead atoms. The lowest BCUT2D eigenvalue weighted by Gasteiger charge is -2.26. The number of ether oxygens (including phenoxy) is 3. The van der Waals surface area contributed by atoms with Crippen LogP contribution in [0, 0.1) is 0 Å². The maximum Gasteiger partial charge on any atom is 0.332 e. The van der Waals surface area contributed by atoms with Crippen molar-refractivity contribution in [3.8, 4) is 0 Å². The first-order valence-corrected chi connectivity index (χ1v) is 8.75. The molecule has 0 aromatic heterocycles. The minimum Gasteiger partial charge on any atom is -0.456 e. The second-order valence-corrected chi connectivity index (χ2v) is 7.00. The van der Waals surface area contributed by atoms with Gasteiger partial charge in [-0.15, -0.1) is 0 Å². The van der Waals surface area contributed by atoms with Crippen LogP contribution in [-0.4, -0.2) is 71.1 Å². The van der Waals surface area contributed by atoms with E-state index in [1.165, 1.54) is 35.7 Å². The van der Waals surface area contributed by atoms with E-state index in [-0.39, 0.29) is 17.1 Å². The average molecular weight is 357 g/mol. The molecule has 0 N–H and O–H groups in total. The summed E-state index contributed by atoms with van der Waals surface area (Å²) in [5.74, 6) is -1.06. The van der Waals surface area contributed by atoms with Crippen LogP contribution < -0.4 is 0 Å². The highest BCUT2D eigenvalue weighted by Crippen LogP contribution is 2.18. The van der Waals surface area contributed by atoms with E-state index in [1.54, 1.807) is 0 Å². The molecule has 0 atom stereocenters. The molecule has 0 spiro atoms. The number of nitrogens with zero attached hydrogens (tertiary/aromatic N) is 1. The van der Waals surface area contributed by atoms with Crippen molar-refractivity contribution in [2.45, 2.75) is 4.90 Å². The van der Waals surface area contributed by atoms with Crippen molar-refractivity contribution in [1.82, 2.24) is 4.31 Å². The summed E-state index contributed by atoms with van der Waals surface area (Å²) in [5, 5.41) is 0. The monoisotopic (exact) mass is 357 g/mol. The first-order chi connectivity index (χ1) is 11.4. The Balaban J connectivity index is 2.01. The maximum absolute atomic E-state index is 12.5. The van der Waals surface area contributed by atoms with Gasteiger partial charge >= 0.3 is 5.97 Å². The molecule has 9 heteroatoms. The van der Waals surface area contributed by atoms with Gasteiger partial charge in [0.25, 0.3) is 0 Å². The second kappa shape index (κ2) is 8.34. The number of hydrogen-bond acceptors (Lipinski definition) is 7. The Morgan fingerprint density at radius 3 is 2.33 bits per heavy atom. The average Bonchev–Trinajstić information content (AvgIpc) is 2.61. The number of ketones is 1. The Hall–Kier alpha value is -1.81. The van der Waals surface area contributed by atoms with Crippen LogP contribution in [0.4, 0.5) is 0 Å². The van der Waals surface area contributed by atoms with E-state index < -0.39 is 28.4 Å². The van der Waals surface area contributed by atoms with E-state index in [0.29, 0.717) is 26.3 Å². The van der Waals surface area contributed by atoms with E-state index >= 15 is 0 Å². The number of rotatable bonds is 7. The molecule has 1 aromatic rings. The van der Waals surface area contributed by atoms with Gasteiger partial charge in [0.2, 0.25) is 10.0 Å². The molecule has 1 heterocycles. The predicted molar refractivity (Wildman–Crippen MR) is 83.2 cm³/mol. The Morgan fingerprint density at radius 2 is 1.75 bits per heavy atom. The van der Waals surface area contributed by atoms with Gasteiger partial charge in [0.1, 0.15) is 6.61 Å². The van der Waals surface area contributed by atoms with Gasteiger partial charge in [0.15, 0.2) is 12.4 Å². The Bertz CT molecular complexity index is 678. The highest BCUT2D eigenvalue weighted by atomic mass is 32.2. The molecule has 0 radical (unpaired) electrons. The molecule has 0 amide bonds. The van der Waals surface area contributed by atoms with Gasteiger partial charge in [0.05, 0.1) is 18.1 Å². The SMILES string of the molecule is COCC(=O)OCC(=O)c1ccc(S(=O)(=O)N2CCOCC2)cc1. The van der Waals surface area contributed by atoms with Crippen molar-refractivity contribution in [3.63, 3.8) is 0 Å². The van der Waals surface area contributed by atoms with Crippen LogP contribution in [-0.2, 0) is 29.0 Å². The zero-order valence-electron chi connectivity index (χ0n) is 13.3. The number of carbonyl (C=O) groups is 2. The number of carbonyl (C=O) groups excluding carboxylic acids is 2. The van der Waals surface area contributed by atoms with Crippen molar-refractivity contribution in [1.29, 1.82) is 0 Å². The lowest BCUT2D eigenvalue weighted by atomic mass is 10.1. The summed E-state index contributed by atoms with van der Waals surface area (Å²) >= 11 is 0. The zero-order valence-corrected chi connectivity index (χ0v) is 14.1. The van der Waals surface area contributed by atoms with Gasteiger partial charge in [-0.2, -0.15) is 4.31 Å². The number of benzene rings is 1. The van der Waals surface area contributed by atoms with Crippen LogP contribution >= 0.6 is 0 Å². The Labute approximate surface area is 140 Å². The molecule has 1 saturated heterocycles. The van der Waals surface area contributed by atoms with E-state index in [0.717, 1.165) is 0 Å². The fourth-order valence-corrected chi connectivity index (χ4v) is 3.55. The third-order valence-electron chi connectivity index (χ3n) is 3.41. The molecule has 1 aliphatic rings. The quantitative estimate of drug-likeness (QED) is 0.503. The predicted octanol–water partition coefficient (Wildman–Crippen LogP) is 0.0798. The molecule has 1 aromatic carbocycles. The second-order valence-electron chi connectivity index (χ2n) is 5.06. The van der Waals surface area contributed by atoms with Gasteiger partial charge in [0, 0.05) is 25.8 Å². The smallest absolute Gasteiger partial charge is 0.332 e. The van der Waals surface area contributed by atoms with Crippen LogP contribution in [0.25, 0.3) is 0 Å². The fourth-order valence-electron chi connectivity index (χ4n) is 2.14. The summed E-state index contributed by atoms with van der Waals surface area (Å²) in [6.07, 6.45) is 0. The number of Topliss-reactive ketones (excluding diaryl/α,β-unsaturated/α-hetero) is 1. The number of hydrogen-bond donors (Lipinski definition) is 0. The highest BCUT2D eigenvalue weighted by molar-refractivity contribution is 7.89. The fraction of sp³-hybridized carbons (Fsp3) is 0.467. The third-order valence-corrected chi connectivity index (χ3v) is 5.32. The van der Waals surface area contributed by atoms with E-state index in [9.17, 15) is 18.0 Å². The third kappa shape index (κ3) is 4.60. The standard InChI is InChI=1S/C15H19NO7S/c1-21-11-15(18)23-10-14(17)12-2-4-13(5-3-12)24(19,20)16-6-8-22-9-7-16/h2-5H,6-11H2,1H3. The van der Waals surface area contributed by atoms with E-state index in [1.807, 2.05) is 0 Å². The van der Waals surface area contributed by atoms with Gasteiger partial charge in [-0.05, 0) is 24.3 Å². The number of sulfonamides is 1. The first kappa shape index (κ1) is 18.5. The lowest BCUT2D eigenvalue weighted by molar-refractivity contribution is -0.146. The first-order valence-electron chi connectivity index (χ1n) is 7.31. The van der Waals surface area contributed by atoms with Crippen LogP contribution in [0.2, 0.25) is 0 Å². The number of morpholine rings is 1. The summed E-state index contributed by atoms with van der Waals surface area (Å²) < 4.78 is 40.7. The molecule has 132 valence electrons. The van der Waals surface area contributed by atoms with Crippen molar-refractivity contribution in [2.75, 3.05) is 46.6 Å². The van der Waals surface area contributed by atoms with Crippen LogP contribution in [0.5, 0.6) is 0 Å². The lowest BCUT2D eigenvalue weighted by Crippen LogP contribution is -2.40. The highest BCUT2D eigenvalue weighted by Gasteiger charge is 2.26. The summed E-state index contributed by atoms with van der Waals surface area (Å²) in [5.41, 5.74) is 0.265. The Morgan fingerprint density at radius 1 is 1.12 bits per heavy atom. The van der Waals surface area contributed by atoms with Crippen molar-refractivity contribution in [3.05, 3.63) is 29.8 Å². The maximum atomic E-state index is 12.5. The largest absolute Gasteiger partial charge is 0.456 e. The van der Waals surface area contributed by atoms with Crippen LogP contribution in [0.3, 0.4) is 0 Å². The number of methoxy groups -OCH3 is 1. The number of esters is 1. The van der Waals surface area contributed by atoms with Crippen molar-refractivity contribution in [2.24, 2.45) is 0 Å². The normalized spacial score (nSPS) is 15.9. The summed E-state index contributed by atoms with van der Waals surface area (Å²) in [7, 11) is -2.25. The summed E-state index contributed by atoms with van der Waals surface area (Å²) in [4.78, 5) is 23.2. The van der Waals surface area contributed by atoms with Gasteiger partial charge in [-0.1, -0.05) is 0 Å². The molecule has 0 saturated carbocycles. The van der Waals surface area contributed by atoms with Gasteiger partial charge < -0.3 is 14.2 Å². The summed E-state index contributed by atoms with van der Waals surface area (Å²) in [6, 6.07) is 5.55. The minimum absolute atomic E-state index is 0.109. The molecule has 1 fully saturated rings. The van der Waals surface area contributed by atoms with E-state index in [2.05, 4.69) is 4.74 Å². The van der Waals surface area contributed by atoms with Crippen molar-refractivity contribution >= 4 is 21.8 Å².